The number of para-hydroxylation sites is 1. The molecule has 27 heavy (non-hydrogen) atoms. The molecule has 0 radical (unpaired) electrons. The van der Waals surface area contributed by atoms with Gasteiger partial charge in [0, 0.05) is 20.3 Å². The highest BCUT2D eigenvalue weighted by atomic mass is 16.2. The largest absolute Gasteiger partial charge is 0.383 e. The standard InChI is InChI=1S/C21H19N5O/c1-25(2)15-18-20(23-19(13-14-22)16-9-5-3-6-10-16)24-26(21(18)27)17-11-7-4-8-12-17/h3-12,15H,13H2,1-2H3/b18-15-,23-19?. The summed E-state index contributed by atoms with van der Waals surface area (Å²) in [5, 5.41) is 15.0. The van der Waals surface area contributed by atoms with Gasteiger partial charge in [-0.15, -0.1) is 5.10 Å². The Morgan fingerprint density at radius 3 is 2.37 bits per heavy atom. The molecular weight excluding hydrogens is 338 g/mol. The maximum atomic E-state index is 12.9. The number of carbonyl (C=O) groups is 1. The molecular formula is C21H19N5O. The van der Waals surface area contributed by atoms with Crippen LogP contribution in [0, 0.1) is 11.3 Å². The molecule has 0 unspecified atom stereocenters. The van der Waals surface area contributed by atoms with Crippen LogP contribution in [0.2, 0.25) is 0 Å². The number of hydrazone groups is 1. The van der Waals surface area contributed by atoms with Crippen LogP contribution in [0.5, 0.6) is 0 Å². The lowest BCUT2D eigenvalue weighted by molar-refractivity contribution is -0.114. The Bertz CT molecular complexity index is 953. The molecule has 6 heteroatoms. The number of nitrogens with zero attached hydrogens (tertiary/aromatic N) is 5. The lowest BCUT2D eigenvalue weighted by atomic mass is 10.1. The van der Waals surface area contributed by atoms with Crippen molar-refractivity contribution in [2.24, 2.45) is 10.1 Å². The molecule has 0 aliphatic carbocycles. The molecule has 6 nitrogen and oxygen atoms in total. The van der Waals surface area contributed by atoms with Crippen molar-refractivity contribution in [2.45, 2.75) is 6.42 Å². The zero-order valence-electron chi connectivity index (χ0n) is 15.2. The Hall–Kier alpha value is -3.72. The fraction of sp³-hybridized carbons (Fsp3) is 0.143. The third-order valence-electron chi connectivity index (χ3n) is 3.84. The minimum atomic E-state index is -0.252. The number of hydrogen-bond acceptors (Lipinski definition) is 5. The molecule has 0 spiro atoms. The van der Waals surface area contributed by atoms with Gasteiger partial charge in [0.25, 0.3) is 5.91 Å². The third-order valence-corrected chi connectivity index (χ3v) is 3.84. The molecule has 0 saturated carbocycles. The van der Waals surface area contributed by atoms with Gasteiger partial charge < -0.3 is 4.90 Å². The quantitative estimate of drug-likeness (QED) is 0.623. The van der Waals surface area contributed by atoms with Crippen molar-refractivity contribution in [3.05, 3.63) is 78.0 Å². The highest BCUT2D eigenvalue weighted by molar-refractivity contribution is 6.32. The minimum Gasteiger partial charge on any atom is -0.383 e. The van der Waals surface area contributed by atoms with Crippen LogP contribution in [0.15, 0.2) is 82.5 Å². The number of hydrogen-bond donors (Lipinski definition) is 0. The molecule has 3 rings (SSSR count). The van der Waals surface area contributed by atoms with Crippen molar-refractivity contribution in [3.63, 3.8) is 0 Å². The highest BCUT2D eigenvalue weighted by Gasteiger charge is 2.31. The maximum Gasteiger partial charge on any atom is 0.284 e. The average Bonchev–Trinajstić information content (AvgIpc) is 2.98. The van der Waals surface area contributed by atoms with E-state index >= 15 is 0 Å². The number of amides is 1. The summed E-state index contributed by atoms with van der Waals surface area (Å²) in [7, 11) is 3.67. The second-order valence-electron chi connectivity index (χ2n) is 6.14. The predicted octanol–water partition coefficient (Wildman–Crippen LogP) is 3.20. The van der Waals surface area contributed by atoms with E-state index in [0.717, 1.165) is 5.56 Å². The van der Waals surface area contributed by atoms with E-state index in [4.69, 9.17) is 0 Å². The summed E-state index contributed by atoms with van der Waals surface area (Å²) in [5.74, 6) is 0.0460. The number of aliphatic imine (C=N–C) groups is 1. The molecule has 2 aromatic rings. The van der Waals surface area contributed by atoms with Gasteiger partial charge in [-0.25, -0.2) is 4.99 Å². The topological polar surface area (TPSA) is 72.1 Å². The smallest absolute Gasteiger partial charge is 0.284 e. The minimum absolute atomic E-state index is 0.123. The van der Waals surface area contributed by atoms with Crippen molar-refractivity contribution in [1.29, 1.82) is 5.26 Å². The van der Waals surface area contributed by atoms with Gasteiger partial charge in [-0.1, -0.05) is 48.5 Å². The van der Waals surface area contributed by atoms with Crippen molar-refractivity contribution >= 4 is 23.1 Å². The van der Waals surface area contributed by atoms with E-state index in [2.05, 4.69) is 16.2 Å². The first-order valence-electron chi connectivity index (χ1n) is 8.47. The van der Waals surface area contributed by atoms with Crippen molar-refractivity contribution in [3.8, 4) is 6.07 Å². The van der Waals surface area contributed by atoms with Crippen LogP contribution in [0.25, 0.3) is 0 Å². The summed E-state index contributed by atoms with van der Waals surface area (Å²) in [6, 6.07) is 20.8. The number of anilines is 1. The van der Waals surface area contributed by atoms with E-state index in [9.17, 15) is 10.1 Å². The Labute approximate surface area is 158 Å². The first kappa shape index (κ1) is 18.1. The van der Waals surface area contributed by atoms with E-state index in [0.29, 0.717) is 22.8 Å². The van der Waals surface area contributed by atoms with Gasteiger partial charge in [-0.2, -0.15) is 10.3 Å². The Balaban J connectivity index is 2.08. The van der Waals surface area contributed by atoms with Crippen molar-refractivity contribution in [2.75, 3.05) is 19.1 Å². The van der Waals surface area contributed by atoms with Gasteiger partial charge in [0.2, 0.25) is 0 Å². The Morgan fingerprint density at radius 1 is 1.15 bits per heavy atom. The monoisotopic (exact) mass is 357 g/mol. The molecule has 134 valence electrons. The summed E-state index contributed by atoms with van der Waals surface area (Å²) in [6.45, 7) is 0. The molecule has 0 atom stereocenters. The van der Waals surface area contributed by atoms with Crippen LogP contribution in [-0.2, 0) is 4.79 Å². The number of benzene rings is 2. The molecule has 0 saturated heterocycles. The molecule has 1 aliphatic heterocycles. The number of rotatable bonds is 4. The van der Waals surface area contributed by atoms with Gasteiger partial charge in [0.1, 0.15) is 5.57 Å². The Kier molecular flexibility index (Phi) is 5.43. The highest BCUT2D eigenvalue weighted by Crippen LogP contribution is 2.24. The molecule has 0 bridgehead atoms. The SMILES string of the molecule is CN(C)/C=C1\C(=O)N(c2ccccc2)N=C1N=C(CC#N)c1ccccc1. The summed E-state index contributed by atoms with van der Waals surface area (Å²) in [6.07, 6.45) is 1.82. The van der Waals surface area contributed by atoms with E-state index in [1.54, 1.807) is 11.1 Å². The fourth-order valence-electron chi connectivity index (χ4n) is 2.64. The summed E-state index contributed by atoms with van der Waals surface area (Å²) >= 11 is 0. The summed E-state index contributed by atoms with van der Waals surface area (Å²) in [5.41, 5.74) is 2.45. The predicted molar refractivity (Wildman–Crippen MR) is 106 cm³/mol. The van der Waals surface area contributed by atoms with Crippen molar-refractivity contribution < 1.29 is 4.79 Å². The van der Waals surface area contributed by atoms with Gasteiger partial charge in [0.05, 0.1) is 23.9 Å². The summed E-state index contributed by atoms with van der Waals surface area (Å²) in [4.78, 5) is 19.3. The summed E-state index contributed by atoms with van der Waals surface area (Å²) < 4.78 is 0. The van der Waals surface area contributed by atoms with Crippen LogP contribution in [0.4, 0.5) is 5.69 Å². The van der Waals surface area contributed by atoms with E-state index in [-0.39, 0.29) is 12.3 Å². The number of amidine groups is 1. The third kappa shape index (κ3) is 4.10. The van der Waals surface area contributed by atoms with Gasteiger partial charge >= 0.3 is 0 Å². The molecule has 1 amide bonds. The van der Waals surface area contributed by atoms with Crippen molar-refractivity contribution in [1.82, 2.24) is 4.90 Å². The number of carbonyl (C=O) groups excluding carboxylic acids is 1. The lowest BCUT2D eigenvalue weighted by Crippen LogP contribution is -2.22. The fourth-order valence-corrected chi connectivity index (χ4v) is 2.64. The van der Waals surface area contributed by atoms with Gasteiger partial charge in [-0.3, -0.25) is 4.79 Å². The first-order valence-corrected chi connectivity index (χ1v) is 8.47. The molecule has 0 aromatic heterocycles. The van der Waals surface area contributed by atoms with E-state index < -0.39 is 0 Å². The lowest BCUT2D eigenvalue weighted by Gasteiger charge is -2.11. The van der Waals surface area contributed by atoms with Crippen LogP contribution >= 0.6 is 0 Å². The molecule has 2 aromatic carbocycles. The molecule has 0 fully saturated rings. The van der Waals surface area contributed by atoms with Crippen LogP contribution < -0.4 is 5.01 Å². The van der Waals surface area contributed by atoms with Crippen LogP contribution in [0.1, 0.15) is 12.0 Å². The zero-order chi connectivity index (χ0) is 19.2. The second kappa shape index (κ2) is 8.11. The zero-order valence-corrected chi connectivity index (χ0v) is 15.2. The van der Waals surface area contributed by atoms with E-state index in [1.165, 1.54) is 5.01 Å². The molecule has 1 heterocycles. The maximum absolute atomic E-state index is 12.9. The first-order chi connectivity index (χ1) is 13.1. The molecule has 1 aliphatic rings. The number of nitriles is 1. The molecule has 0 N–H and O–H groups in total. The average molecular weight is 357 g/mol. The van der Waals surface area contributed by atoms with E-state index in [1.807, 2.05) is 74.8 Å². The second-order valence-corrected chi connectivity index (χ2v) is 6.14. The van der Waals surface area contributed by atoms with Gasteiger partial charge in [0.15, 0.2) is 5.84 Å². The normalized spacial score (nSPS) is 15.7. The Morgan fingerprint density at radius 2 is 1.78 bits per heavy atom. The van der Waals surface area contributed by atoms with Gasteiger partial charge in [-0.05, 0) is 17.7 Å². The van der Waals surface area contributed by atoms with Crippen LogP contribution in [0.3, 0.4) is 0 Å². The van der Waals surface area contributed by atoms with Crippen LogP contribution in [-0.4, -0.2) is 36.4 Å².